The van der Waals surface area contributed by atoms with E-state index in [9.17, 15) is 0 Å². The van der Waals surface area contributed by atoms with Crippen molar-refractivity contribution < 1.29 is 4.74 Å². The lowest BCUT2D eigenvalue weighted by Crippen LogP contribution is -2.32. The van der Waals surface area contributed by atoms with E-state index in [1.54, 1.807) is 0 Å². The minimum absolute atomic E-state index is 0.394. The second-order valence-electron chi connectivity index (χ2n) is 4.47. The minimum atomic E-state index is 0.394. The molecule has 1 N–H and O–H groups in total. The molecule has 0 saturated carbocycles. The van der Waals surface area contributed by atoms with Crippen molar-refractivity contribution in [3.63, 3.8) is 0 Å². The third-order valence-corrected chi connectivity index (χ3v) is 3.08. The van der Waals surface area contributed by atoms with Crippen molar-refractivity contribution >= 4 is 0 Å². The monoisotopic (exact) mass is 251 g/mol. The van der Waals surface area contributed by atoms with Crippen molar-refractivity contribution in [2.45, 2.75) is 53.0 Å². The highest BCUT2D eigenvalue weighted by atomic mass is 16.5. The fourth-order valence-electron chi connectivity index (χ4n) is 2.26. The van der Waals surface area contributed by atoms with Gasteiger partial charge in [0.15, 0.2) is 0 Å². The number of hydrogen-bond donors (Lipinski definition) is 1. The van der Waals surface area contributed by atoms with Gasteiger partial charge in [-0.3, -0.25) is 0 Å². The van der Waals surface area contributed by atoms with Gasteiger partial charge < -0.3 is 10.1 Å². The van der Waals surface area contributed by atoms with Crippen molar-refractivity contribution in [2.75, 3.05) is 13.2 Å². The summed E-state index contributed by atoms with van der Waals surface area (Å²) < 4.78 is 5.49. The van der Waals surface area contributed by atoms with Gasteiger partial charge in [-0.15, -0.1) is 0 Å². The van der Waals surface area contributed by atoms with Crippen LogP contribution in [0.15, 0.2) is 6.07 Å². The molecule has 0 aliphatic rings. The van der Waals surface area contributed by atoms with E-state index >= 15 is 0 Å². The Kier molecular flexibility index (Phi) is 6.05. The molecule has 0 radical (unpaired) electrons. The molecular weight excluding hydrogens is 226 g/mol. The molecule has 18 heavy (non-hydrogen) atoms. The highest BCUT2D eigenvalue weighted by molar-refractivity contribution is 5.20. The Morgan fingerprint density at radius 1 is 1.28 bits per heavy atom. The summed E-state index contributed by atoms with van der Waals surface area (Å²) in [5, 5.41) is 3.46. The van der Waals surface area contributed by atoms with Crippen LogP contribution < -0.4 is 10.1 Å². The number of rotatable bonds is 7. The predicted octanol–water partition coefficient (Wildman–Crippen LogP) is 2.68. The number of ether oxygens (including phenoxy) is 1. The zero-order chi connectivity index (χ0) is 13.5. The average Bonchev–Trinajstić information content (AvgIpc) is 2.30. The third-order valence-electron chi connectivity index (χ3n) is 3.08. The van der Waals surface area contributed by atoms with E-state index < -0.39 is 0 Å². The molecular formula is C14H25N3O. The Balaban J connectivity index is 2.97. The molecule has 1 heterocycles. The van der Waals surface area contributed by atoms with E-state index in [1.807, 2.05) is 19.9 Å². The standard InChI is InChI=1S/C14H25N3O/c1-6-12(10(4)15-7-2)13-9-14(18-8-3)17-11(5)16-13/h9-10,12,15H,6-8H2,1-5H3. The van der Waals surface area contributed by atoms with Gasteiger partial charge in [0.1, 0.15) is 5.82 Å². The summed E-state index contributed by atoms with van der Waals surface area (Å²) in [6, 6.07) is 2.38. The van der Waals surface area contributed by atoms with Crippen molar-refractivity contribution in [3.05, 3.63) is 17.6 Å². The molecule has 0 bridgehead atoms. The summed E-state index contributed by atoms with van der Waals surface area (Å²) in [5.74, 6) is 1.85. The summed E-state index contributed by atoms with van der Waals surface area (Å²) in [6.45, 7) is 12.0. The molecule has 0 amide bonds. The molecule has 1 aromatic rings. The quantitative estimate of drug-likeness (QED) is 0.809. The fourth-order valence-corrected chi connectivity index (χ4v) is 2.26. The Hall–Kier alpha value is -1.16. The summed E-state index contributed by atoms with van der Waals surface area (Å²) >= 11 is 0. The van der Waals surface area contributed by atoms with Gasteiger partial charge in [0.25, 0.3) is 0 Å². The predicted molar refractivity (Wildman–Crippen MR) is 74.1 cm³/mol. The van der Waals surface area contributed by atoms with Gasteiger partial charge in [0.2, 0.25) is 5.88 Å². The molecule has 0 aromatic carbocycles. The molecule has 0 spiro atoms. The van der Waals surface area contributed by atoms with Gasteiger partial charge in [-0.25, -0.2) is 4.98 Å². The molecule has 0 aliphatic heterocycles. The van der Waals surface area contributed by atoms with Crippen LogP contribution in [0.4, 0.5) is 0 Å². The second-order valence-corrected chi connectivity index (χ2v) is 4.47. The number of hydrogen-bond acceptors (Lipinski definition) is 4. The molecule has 1 aromatic heterocycles. The maximum absolute atomic E-state index is 5.49. The van der Waals surface area contributed by atoms with Crippen LogP contribution >= 0.6 is 0 Å². The highest BCUT2D eigenvalue weighted by Crippen LogP contribution is 2.24. The number of likely N-dealkylation sites (N-methyl/N-ethyl adjacent to an activating group) is 1. The van der Waals surface area contributed by atoms with E-state index in [-0.39, 0.29) is 0 Å². The van der Waals surface area contributed by atoms with Crippen LogP contribution in [-0.4, -0.2) is 29.2 Å². The summed E-state index contributed by atoms with van der Waals surface area (Å²) in [5.41, 5.74) is 1.07. The fraction of sp³-hybridized carbons (Fsp3) is 0.714. The first kappa shape index (κ1) is 14.9. The van der Waals surface area contributed by atoms with E-state index in [0.717, 1.165) is 24.5 Å². The lowest BCUT2D eigenvalue weighted by molar-refractivity contribution is 0.323. The van der Waals surface area contributed by atoms with Gasteiger partial charge >= 0.3 is 0 Å². The van der Waals surface area contributed by atoms with Crippen LogP contribution in [0, 0.1) is 6.92 Å². The minimum Gasteiger partial charge on any atom is -0.478 e. The van der Waals surface area contributed by atoms with Crippen LogP contribution in [0.2, 0.25) is 0 Å². The Morgan fingerprint density at radius 3 is 2.56 bits per heavy atom. The van der Waals surface area contributed by atoms with Gasteiger partial charge in [0, 0.05) is 18.0 Å². The second kappa shape index (κ2) is 7.31. The summed E-state index contributed by atoms with van der Waals surface area (Å²) in [7, 11) is 0. The molecule has 0 fully saturated rings. The number of nitrogens with zero attached hydrogens (tertiary/aromatic N) is 2. The van der Waals surface area contributed by atoms with Crippen LogP contribution in [0.25, 0.3) is 0 Å². The molecule has 2 atom stereocenters. The van der Waals surface area contributed by atoms with E-state index in [4.69, 9.17) is 4.74 Å². The van der Waals surface area contributed by atoms with Gasteiger partial charge in [0.05, 0.1) is 12.3 Å². The van der Waals surface area contributed by atoms with Gasteiger partial charge in [-0.05, 0) is 33.7 Å². The number of aromatic nitrogens is 2. The van der Waals surface area contributed by atoms with Crippen molar-refractivity contribution in [1.82, 2.24) is 15.3 Å². The Bertz CT molecular complexity index is 368. The first-order chi connectivity index (χ1) is 8.62. The molecule has 4 heteroatoms. The lowest BCUT2D eigenvalue weighted by Gasteiger charge is -2.23. The van der Waals surface area contributed by atoms with Gasteiger partial charge in [-0.1, -0.05) is 13.8 Å². The molecule has 1 rings (SSSR count). The molecule has 0 saturated heterocycles. The first-order valence-electron chi connectivity index (χ1n) is 6.84. The maximum atomic E-state index is 5.49. The Labute approximate surface area is 110 Å². The zero-order valence-corrected chi connectivity index (χ0v) is 12.2. The third kappa shape index (κ3) is 3.95. The van der Waals surface area contributed by atoms with Crippen molar-refractivity contribution in [1.29, 1.82) is 0 Å². The zero-order valence-electron chi connectivity index (χ0n) is 12.2. The van der Waals surface area contributed by atoms with Gasteiger partial charge in [-0.2, -0.15) is 4.98 Å². The van der Waals surface area contributed by atoms with E-state index in [2.05, 4.69) is 36.1 Å². The van der Waals surface area contributed by atoms with E-state index in [1.165, 1.54) is 0 Å². The molecule has 102 valence electrons. The molecule has 2 unspecified atom stereocenters. The molecule has 4 nitrogen and oxygen atoms in total. The molecule has 0 aliphatic carbocycles. The normalized spacial score (nSPS) is 14.3. The number of nitrogens with one attached hydrogen (secondary N) is 1. The van der Waals surface area contributed by atoms with Crippen molar-refractivity contribution in [2.24, 2.45) is 0 Å². The van der Waals surface area contributed by atoms with Crippen LogP contribution in [-0.2, 0) is 0 Å². The Morgan fingerprint density at radius 2 is 2.00 bits per heavy atom. The maximum Gasteiger partial charge on any atom is 0.216 e. The summed E-state index contributed by atoms with van der Waals surface area (Å²) in [6.07, 6.45) is 1.05. The summed E-state index contributed by atoms with van der Waals surface area (Å²) in [4.78, 5) is 8.85. The largest absolute Gasteiger partial charge is 0.478 e. The number of aryl methyl sites for hydroxylation is 1. The van der Waals surface area contributed by atoms with Crippen molar-refractivity contribution in [3.8, 4) is 5.88 Å². The average molecular weight is 251 g/mol. The highest BCUT2D eigenvalue weighted by Gasteiger charge is 2.19. The smallest absolute Gasteiger partial charge is 0.216 e. The topological polar surface area (TPSA) is 47.0 Å². The van der Waals surface area contributed by atoms with E-state index in [0.29, 0.717) is 24.4 Å². The SMILES string of the molecule is CCNC(C)C(CC)c1cc(OCC)nc(C)n1. The lowest BCUT2D eigenvalue weighted by atomic mass is 9.94. The first-order valence-corrected chi connectivity index (χ1v) is 6.84. The van der Waals surface area contributed by atoms with Crippen LogP contribution in [0.1, 0.15) is 51.6 Å². The van der Waals surface area contributed by atoms with Crippen LogP contribution in [0.3, 0.4) is 0 Å². The van der Waals surface area contributed by atoms with Crippen LogP contribution in [0.5, 0.6) is 5.88 Å².